The van der Waals surface area contributed by atoms with Gasteiger partial charge >= 0.3 is 5.97 Å². The molecule has 1 aromatic heterocycles. The average molecular weight is 522 g/mol. The van der Waals surface area contributed by atoms with E-state index in [0.717, 1.165) is 12.0 Å². The van der Waals surface area contributed by atoms with Gasteiger partial charge in [0.2, 0.25) is 0 Å². The van der Waals surface area contributed by atoms with Gasteiger partial charge in [0, 0.05) is 31.1 Å². The maximum Gasteiger partial charge on any atom is 0.306 e. The second kappa shape index (κ2) is 12.8. The van der Waals surface area contributed by atoms with Crippen molar-refractivity contribution in [2.24, 2.45) is 17.3 Å². The molecule has 1 aliphatic heterocycles. The van der Waals surface area contributed by atoms with E-state index in [1.165, 1.54) is 12.3 Å². The average Bonchev–Trinajstić information content (AvgIpc) is 3.21. The van der Waals surface area contributed by atoms with E-state index in [-0.39, 0.29) is 25.0 Å². The molecule has 3 unspecified atom stereocenters. The summed E-state index contributed by atoms with van der Waals surface area (Å²) in [5.74, 6) is -4.05. The number of carbonyl (C=O) groups excluding carboxylic acids is 2. The fraction of sp³-hybridized carbons (Fsp3) is 0.607. The maximum atomic E-state index is 13.5. The number of esters is 1. The van der Waals surface area contributed by atoms with Gasteiger partial charge in [0.15, 0.2) is 11.7 Å². The number of nitrogens with zero attached hydrogens (tertiary/aromatic N) is 1. The molecule has 0 amide bonds. The lowest BCUT2D eigenvalue weighted by atomic mass is 9.71. The number of ether oxygens (including phenoxy) is 1. The van der Waals surface area contributed by atoms with Gasteiger partial charge in [-0.1, -0.05) is 50.1 Å². The van der Waals surface area contributed by atoms with Gasteiger partial charge < -0.3 is 19.4 Å². The van der Waals surface area contributed by atoms with Gasteiger partial charge in [-0.05, 0) is 45.1 Å². The summed E-state index contributed by atoms with van der Waals surface area (Å²) in [6.07, 6.45) is 8.55. The number of rotatable bonds is 4. The number of carbonyl (C=O) groups is 2. The minimum absolute atomic E-state index is 0.0224. The van der Waals surface area contributed by atoms with Gasteiger partial charge in [-0.15, -0.1) is 6.58 Å². The molecule has 36 heavy (non-hydrogen) atoms. The van der Waals surface area contributed by atoms with Crippen LogP contribution in [0.1, 0.15) is 84.2 Å². The van der Waals surface area contributed by atoms with E-state index in [4.69, 9.17) is 20.8 Å². The quantitative estimate of drug-likeness (QED) is 0.289. The molecular formula is C28H40ClNO6. The van der Waals surface area contributed by atoms with E-state index in [0.29, 0.717) is 35.9 Å². The van der Waals surface area contributed by atoms with Crippen LogP contribution in [0.3, 0.4) is 0 Å². The van der Waals surface area contributed by atoms with Crippen LogP contribution in [0.5, 0.6) is 0 Å². The molecule has 1 aliphatic rings. The SMILES string of the molecule is C=CCC1C(=O)C(C)(C)CCC(=O)OC(C(Cl)=Cc2coc(C)n2)CC=C(C)CCCC(C)C1(O)O. The highest BCUT2D eigenvalue weighted by molar-refractivity contribution is 6.32. The van der Waals surface area contributed by atoms with Crippen molar-refractivity contribution in [1.29, 1.82) is 0 Å². The second-order valence-corrected chi connectivity index (χ2v) is 10.9. The lowest BCUT2D eigenvalue weighted by Crippen LogP contribution is -2.50. The van der Waals surface area contributed by atoms with Gasteiger partial charge in [-0.3, -0.25) is 9.59 Å². The lowest BCUT2D eigenvalue weighted by Gasteiger charge is -2.39. The number of ketones is 1. The third kappa shape index (κ3) is 8.15. The van der Waals surface area contributed by atoms with Gasteiger partial charge in [-0.25, -0.2) is 4.98 Å². The summed E-state index contributed by atoms with van der Waals surface area (Å²) in [6, 6.07) is 0. The molecule has 0 saturated heterocycles. The summed E-state index contributed by atoms with van der Waals surface area (Å²) in [5.41, 5.74) is 0.620. The Hall–Kier alpha value is -2.22. The molecule has 0 fully saturated rings. The number of aryl methyl sites for hydroxylation is 1. The predicted octanol–water partition coefficient (Wildman–Crippen LogP) is 5.88. The molecule has 0 bridgehead atoms. The minimum atomic E-state index is -2.18. The van der Waals surface area contributed by atoms with Crippen LogP contribution in [-0.4, -0.2) is 38.8 Å². The Bertz CT molecular complexity index is 990. The number of hydrogen-bond donors (Lipinski definition) is 2. The smallest absolute Gasteiger partial charge is 0.306 e. The zero-order valence-corrected chi connectivity index (χ0v) is 22.8. The van der Waals surface area contributed by atoms with E-state index in [1.807, 2.05) is 13.0 Å². The lowest BCUT2D eigenvalue weighted by molar-refractivity contribution is -0.233. The molecule has 0 spiro atoms. The Morgan fingerprint density at radius 1 is 1.28 bits per heavy atom. The van der Waals surface area contributed by atoms with E-state index in [9.17, 15) is 19.8 Å². The fourth-order valence-corrected chi connectivity index (χ4v) is 4.66. The Balaban J connectivity index is 2.35. The summed E-state index contributed by atoms with van der Waals surface area (Å²) < 4.78 is 11.0. The molecule has 8 heteroatoms. The second-order valence-electron chi connectivity index (χ2n) is 10.5. The largest absolute Gasteiger partial charge is 0.456 e. The molecule has 200 valence electrons. The van der Waals surface area contributed by atoms with E-state index >= 15 is 0 Å². The standard InChI is InChI=1S/C28H40ClNO6/c1-7-9-22-26(32)27(5,6)15-14-25(31)36-24(23(29)16-21-17-35-20(4)30-21)13-12-18(2)10-8-11-19(3)28(22,33)34/h7,12,16-17,19,22,24,33-34H,1,8-11,13-15H2,2-6H3. The van der Waals surface area contributed by atoms with Crippen LogP contribution in [-0.2, 0) is 14.3 Å². The third-order valence-electron chi connectivity index (χ3n) is 6.97. The zero-order valence-electron chi connectivity index (χ0n) is 22.1. The summed E-state index contributed by atoms with van der Waals surface area (Å²) in [7, 11) is 0. The van der Waals surface area contributed by atoms with Crippen LogP contribution in [0, 0.1) is 24.2 Å². The summed E-state index contributed by atoms with van der Waals surface area (Å²) >= 11 is 6.55. The number of oxazole rings is 1. The van der Waals surface area contributed by atoms with Crippen molar-refractivity contribution in [2.75, 3.05) is 0 Å². The molecule has 0 saturated carbocycles. The van der Waals surface area contributed by atoms with Gasteiger partial charge in [0.1, 0.15) is 23.8 Å². The fourth-order valence-electron chi connectivity index (χ4n) is 4.42. The van der Waals surface area contributed by atoms with Crippen LogP contribution in [0.15, 0.2) is 40.0 Å². The minimum Gasteiger partial charge on any atom is -0.456 e. The Morgan fingerprint density at radius 3 is 2.58 bits per heavy atom. The van der Waals surface area contributed by atoms with Crippen molar-refractivity contribution < 1.29 is 29.0 Å². The number of Topliss-reactive ketones (excluding diaryl/α,β-unsaturated/α-hetero) is 1. The number of aliphatic hydroxyl groups is 2. The number of halogens is 1. The molecule has 2 heterocycles. The summed E-state index contributed by atoms with van der Waals surface area (Å²) in [6.45, 7) is 12.6. The molecule has 0 radical (unpaired) electrons. The van der Waals surface area contributed by atoms with E-state index < -0.39 is 35.1 Å². The molecule has 0 aromatic carbocycles. The molecule has 0 aliphatic carbocycles. The summed E-state index contributed by atoms with van der Waals surface area (Å²) in [4.78, 5) is 30.5. The van der Waals surface area contributed by atoms with Crippen molar-refractivity contribution in [1.82, 2.24) is 4.98 Å². The van der Waals surface area contributed by atoms with Crippen molar-refractivity contribution in [3.8, 4) is 0 Å². The van der Waals surface area contributed by atoms with Gasteiger partial charge in [-0.2, -0.15) is 0 Å². The number of cyclic esters (lactones) is 1. The number of hydrogen-bond acceptors (Lipinski definition) is 7. The highest BCUT2D eigenvalue weighted by Crippen LogP contribution is 2.38. The highest BCUT2D eigenvalue weighted by atomic mass is 35.5. The van der Waals surface area contributed by atoms with Crippen LogP contribution >= 0.6 is 11.6 Å². The Kier molecular flexibility index (Phi) is 10.7. The summed E-state index contributed by atoms with van der Waals surface area (Å²) in [5, 5.41) is 22.4. The normalized spacial score (nSPS) is 26.7. The van der Waals surface area contributed by atoms with Gasteiger partial charge in [0.25, 0.3) is 0 Å². The van der Waals surface area contributed by atoms with Crippen molar-refractivity contribution >= 4 is 29.4 Å². The van der Waals surface area contributed by atoms with Crippen molar-refractivity contribution in [3.05, 3.63) is 47.2 Å². The van der Waals surface area contributed by atoms with Crippen LogP contribution in [0.2, 0.25) is 0 Å². The molecule has 2 rings (SSSR count). The zero-order chi connectivity index (χ0) is 27.1. The van der Waals surface area contributed by atoms with Crippen molar-refractivity contribution in [3.63, 3.8) is 0 Å². The van der Waals surface area contributed by atoms with Gasteiger partial charge in [0.05, 0.1) is 11.0 Å². The molecule has 7 nitrogen and oxygen atoms in total. The monoisotopic (exact) mass is 521 g/mol. The van der Waals surface area contributed by atoms with Crippen LogP contribution < -0.4 is 0 Å². The predicted molar refractivity (Wildman–Crippen MR) is 140 cm³/mol. The molecule has 2 N–H and O–H groups in total. The Labute approximate surface area is 219 Å². The molecule has 1 aromatic rings. The first-order valence-corrected chi connectivity index (χ1v) is 12.9. The number of aromatic nitrogens is 1. The highest BCUT2D eigenvalue weighted by Gasteiger charge is 2.47. The van der Waals surface area contributed by atoms with E-state index in [2.05, 4.69) is 11.6 Å². The maximum absolute atomic E-state index is 13.5. The first-order valence-electron chi connectivity index (χ1n) is 12.5. The first-order chi connectivity index (χ1) is 16.8. The third-order valence-corrected chi connectivity index (χ3v) is 7.32. The first kappa shape index (κ1) is 30.0. The van der Waals surface area contributed by atoms with Crippen LogP contribution in [0.25, 0.3) is 6.08 Å². The Morgan fingerprint density at radius 2 is 1.97 bits per heavy atom. The topological polar surface area (TPSA) is 110 Å². The number of allylic oxidation sites excluding steroid dienone is 2. The molecule has 3 atom stereocenters. The van der Waals surface area contributed by atoms with E-state index in [1.54, 1.807) is 33.8 Å². The molecular weight excluding hydrogens is 482 g/mol. The van der Waals surface area contributed by atoms with Crippen molar-refractivity contribution in [2.45, 2.75) is 91.5 Å². The van der Waals surface area contributed by atoms with Crippen LogP contribution in [0.4, 0.5) is 0 Å².